The van der Waals surface area contributed by atoms with Crippen molar-refractivity contribution in [2.24, 2.45) is 11.5 Å². The van der Waals surface area contributed by atoms with Crippen LogP contribution in [0.5, 0.6) is 11.8 Å². The van der Waals surface area contributed by atoms with Crippen LogP contribution in [0.3, 0.4) is 0 Å². The summed E-state index contributed by atoms with van der Waals surface area (Å²) in [7, 11) is 0. The van der Waals surface area contributed by atoms with Crippen LogP contribution in [-0.4, -0.2) is 17.2 Å². The van der Waals surface area contributed by atoms with Crippen LogP contribution in [0, 0.1) is 0 Å². The van der Waals surface area contributed by atoms with Crippen molar-refractivity contribution >= 4 is 28.1 Å². The molecule has 1 rings (SSSR count). The molecule has 7 nitrogen and oxygen atoms in total. The fourth-order valence-corrected chi connectivity index (χ4v) is 1.15. The molecule has 0 spiro atoms. The number of carbonyl (C=O) groups is 2. The average Bonchev–Trinajstić information content (AvgIpc) is 1.98. The highest BCUT2D eigenvalue weighted by Crippen LogP contribution is 2.22. The van der Waals surface area contributed by atoms with Crippen molar-refractivity contribution in [2.75, 3.05) is 0 Å². The molecular formula is C7H6BrN3O4. The minimum absolute atomic E-state index is 0.104. The number of primary amides is 2. The molecule has 0 radical (unpaired) electrons. The zero-order chi connectivity index (χ0) is 11.4. The van der Waals surface area contributed by atoms with Crippen LogP contribution in [0.15, 0.2) is 16.6 Å². The van der Waals surface area contributed by atoms with Gasteiger partial charge in [-0.05, 0) is 0 Å². The van der Waals surface area contributed by atoms with E-state index in [4.69, 9.17) is 11.5 Å². The molecule has 4 N–H and O–H groups in total. The lowest BCUT2D eigenvalue weighted by atomic mass is 10.5. The zero-order valence-corrected chi connectivity index (χ0v) is 8.85. The molecule has 0 unspecified atom stereocenters. The predicted octanol–water partition coefficient (Wildman–Crippen LogP) is 0.759. The molecule has 0 aliphatic rings. The van der Waals surface area contributed by atoms with Crippen molar-refractivity contribution in [1.82, 2.24) is 4.98 Å². The molecule has 1 aromatic heterocycles. The minimum Gasteiger partial charge on any atom is -0.391 e. The first-order valence-corrected chi connectivity index (χ1v) is 4.39. The molecule has 0 aliphatic heterocycles. The molecule has 0 saturated carbocycles. The van der Waals surface area contributed by atoms with Crippen molar-refractivity contribution in [3.05, 3.63) is 16.6 Å². The third kappa shape index (κ3) is 3.81. The summed E-state index contributed by atoms with van der Waals surface area (Å²) in [6.45, 7) is 0. The van der Waals surface area contributed by atoms with Crippen molar-refractivity contribution in [2.45, 2.75) is 0 Å². The Morgan fingerprint density at radius 2 is 1.53 bits per heavy atom. The van der Waals surface area contributed by atoms with Gasteiger partial charge in [0.25, 0.3) is 0 Å². The van der Waals surface area contributed by atoms with Crippen LogP contribution in [-0.2, 0) is 0 Å². The van der Waals surface area contributed by atoms with E-state index in [9.17, 15) is 9.59 Å². The number of rotatable bonds is 2. The summed E-state index contributed by atoms with van der Waals surface area (Å²) in [6, 6.07) is 2.75. The summed E-state index contributed by atoms with van der Waals surface area (Å²) in [4.78, 5) is 24.5. The summed E-state index contributed by atoms with van der Waals surface area (Å²) >= 11 is 3.09. The molecule has 15 heavy (non-hydrogen) atoms. The van der Waals surface area contributed by atoms with Gasteiger partial charge in [-0.15, -0.1) is 0 Å². The number of carbonyl (C=O) groups excluding carboxylic acids is 2. The summed E-state index contributed by atoms with van der Waals surface area (Å²) < 4.78 is 9.46. The highest BCUT2D eigenvalue weighted by molar-refractivity contribution is 9.10. The standard InChI is InChI=1S/C7H6BrN3O4/c8-3-1-4(14-6(9)12)11-5(2-3)15-7(10)13/h1-2H,(H2,9,12)(H2,10,13). The number of halogens is 1. The van der Waals surface area contributed by atoms with Gasteiger partial charge in [0.1, 0.15) is 0 Å². The van der Waals surface area contributed by atoms with Crippen LogP contribution < -0.4 is 20.9 Å². The van der Waals surface area contributed by atoms with E-state index in [2.05, 4.69) is 30.4 Å². The Hall–Kier alpha value is -1.83. The van der Waals surface area contributed by atoms with E-state index < -0.39 is 12.2 Å². The number of pyridine rings is 1. The Balaban J connectivity index is 2.94. The van der Waals surface area contributed by atoms with Crippen LogP contribution in [0.4, 0.5) is 9.59 Å². The maximum absolute atomic E-state index is 10.4. The second kappa shape index (κ2) is 4.60. The lowest BCUT2D eigenvalue weighted by Gasteiger charge is -2.03. The van der Waals surface area contributed by atoms with E-state index in [-0.39, 0.29) is 11.8 Å². The molecular weight excluding hydrogens is 270 g/mol. The van der Waals surface area contributed by atoms with Gasteiger partial charge in [0.2, 0.25) is 11.8 Å². The molecule has 0 bridgehead atoms. The highest BCUT2D eigenvalue weighted by Gasteiger charge is 2.07. The van der Waals surface area contributed by atoms with E-state index in [1.807, 2.05) is 0 Å². The van der Waals surface area contributed by atoms with E-state index >= 15 is 0 Å². The van der Waals surface area contributed by atoms with Gasteiger partial charge in [-0.2, -0.15) is 4.98 Å². The molecule has 80 valence electrons. The van der Waals surface area contributed by atoms with Crippen LogP contribution in [0.2, 0.25) is 0 Å². The average molecular weight is 276 g/mol. The fraction of sp³-hybridized carbons (Fsp3) is 0. The van der Waals surface area contributed by atoms with E-state index in [0.29, 0.717) is 4.47 Å². The van der Waals surface area contributed by atoms with Gasteiger partial charge in [-0.3, -0.25) is 0 Å². The van der Waals surface area contributed by atoms with E-state index in [1.54, 1.807) is 0 Å². The van der Waals surface area contributed by atoms with Gasteiger partial charge >= 0.3 is 12.2 Å². The highest BCUT2D eigenvalue weighted by atomic mass is 79.9. The topological polar surface area (TPSA) is 118 Å². The Bertz CT molecular complexity index is 375. The van der Waals surface area contributed by atoms with Crippen LogP contribution in [0.25, 0.3) is 0 Å². The maximum atomic E-state index is 10.4. The maximum Gasteiger partial charge on any atom is 0.411 e. The van der Waals surface area contributed by atoms with Crippen molar-refractivity contribution < 1.29 is 19.1 Å². The Morgan fingerprint density at radius 1 is 1.13 bits per heavy atom. The number of hydrogen-bond donors (Lipinski definition) is 2. The van der Waals surface area contributed by atoms with Crippen molar-refractivity contribution in [1.29, 1.82) is 0 Å². The molecule has 2 amide bonds. The molecule has 1 aromatic rings. The second-order valence-corrected chi connectivity index (χ2v) is 3.22. The molecule has 0 saturated heterocycles. The van der Waals surface area contributed by atoms with Crippen molar-refractivity contribution in [3.63, 3.8) is 0 Å². The lowest BCUT2D eigenvalue weighted by Crippen LogP contribution is -2.19. The minimum atomic E-state index is -1.02. The lowest BCUT2D eigenvalue weighted by molar-refractivity contribution is 0.205. The normalized spacial score (nSPS) is 9.40. The summed E-state index contributed by atoms with van der Waals surface area (Å²) in [5.74, 6) is -0.207. The molecule has 8 heteroatoms. The second-order valence-electron chi connectivity index (χ2n) is 2.30. The van der Waals surface area contributed by atoms with Gasteiger partial charge in [0.15, 0.2) is 0 Å². The first kappa shape index (κ1) is 11.2. The Kier molecular flexibility index (Phi) is 3.45. The summed E-state index contributed by atoms with van der Waals surface area (Å²) in [6.07, 6.45) is -2.05. The number of ether oxygens (including phenoxy) is 2. The molecule has 0 aromatic carbocycles. The predicted molar refractivity (Wildman–Crippen MR) is 52.4 cm³/mol. The summed E-state index contributed by atoms with van der Waals surface area (Å²) in [5, 5.41) is 0. The van der Waals surface area contributed by atoms with Crippen molar-refractivity contribution in [3.8, 4) is 11.8 Å². The fourth-order valence-electron chi connectivity index (χ4n) is 0.761. The first-order valence-electron chi connectivity index (χ1n) is 3.59. The van der Waals surface area contributed by atoms with E-state index in [1.165, 1.54) is 12.1 Å². The SMILES string of the molecule is NC(=O)Oc1cc(Br)cc(OC(N)=O)n1. The van der Waals surface area contributed by atoms with Gasteiger partial charge in [0, 0.05) is 16.6 Å². The molecule has 1 heterocycles. The number of nitrogens with zero attached hydrogens (tertiary/aromatic N) is 1. The summed E-state index contributed by atoms with van der Waals surface area (Å²) in [5.41, 5.74) is 9.55. The monoisotopic (exact) mass is 275 g/mol. The largest absolute Gasteiger partial charge is 0.411 e. The number of hydrogen-bond acceptors (Lipinski definition) is 5. The molecule has 0 atom stereocenters. The first-order chi connectivity index (χ1) is 6.97. The van der Waals surface area contributed by atoms with Gasteiger partial charge < -0.3 is 20.9 Å². The molecule has 0 aliphatic carbocycles. The van der Waals surface area contributed by atoms with E-state index in [0.717, 1.165) is 0 Å². The van der Waals surface area contributed by atoms with Gasteiger partial charge in [-0.25, -0.2) is 9.59 Å². The van der Waals surface area contributed by atoms with Gasteiger partial charge in [-0.1, -0.05) is 15.9 Å². The zero-order valence-electron chi connectivity index (χ0n) is 7.27. The number of amides is 2. The third-order valence-corrected chi connectivity index (χ3v) is 1.61. The third-order valence-electron chi connectivity index (χ3n) is 1.15. The van der Waals surface area contributed by atoms with Crippen LogP contribution in [0.1, 0.15) is 0 Å². The quantitative estimate of drug-likeness (QED) is 0.826. The Morgan fingerprint density at radius 3 is 1.87 bits per heavy atom. The smallest absolute Gasteiger partial charge is 0.391 e. The van der Waals surface area contributed by atoms with Gasteiger partial charge in [0.05, 0.1) is 0 Å². The van der Waals surface area contributed by atoms with Crippen LogP contribution >= 0.6 is 15.9 Å². The number of aromatic nitrogens is 1. The molecule has 0 fully saturated rings. The Labute approximate surface area is 92.5 Å². The number of nitrogens with two attached hydrogens (primary N) is 2.